The molecule has 31 heavy (non-hydrogen) atoms. The van der Waals surface area contributed by atoms with Crippen molar-refractivity contribution in [1.82, 2.24) is 15.2 Å². The Labute approximate surface area is 184 Å². The number of halogens is 3. The van der Waals surface area contributed by atoms with Gasteiger partial charge >= 0.3 is 0 Å². The minimum Gasteiger partial charge on any atom is -0.319 e. The third-order valence-corrected chi connectivity index (χ3v) is 8.05. The summed E-state index contributed by atoms with van der Waals surface area (Å²) in [5, 5.41) is 10.3. The fourth-order valence-corrected chi connectivity index (χ4v) is 6.23. The molecule has 1 amide bonds. The molecule has 0 unspecified atom stereocenters. The van der Waals surface area contributed by atoms with Crippen LogP contribution >= 0.6 is 30.1 Å². The van der Waals surface area contributed by atoms with Crippen LogP contribution in [0.1, 0.15) is 6.42 Å². The summed E-state index contributed by atoms with van der Waals surface area (Å²) in [5.41, 5.74) is 2.05. The maximum atomic E-state index is 15.2. The lowest BCUT2D eigenvalue weighted by Crippen LogP contribution is -2.14. The molecular weight excluding hydrogens is 465 g/mol. The van der Waals surface area contributed by atoms with Crippen molar-refractivity contribution in [2.75, 3.05) is 18.6 Å². The van der Waals surface area contributed by atoms with Gasteiger partial charge in [0.15, 0.2) is 10.9 Å². The van der Waals surface area contributed by atoms with Crippen molar-refractivity contribution in [1.29, 1.82) is 0 Å². The molecule has 0 radical (unpaired) electrons. The zero-order valence-corrected chi connectivity index (χ0v) is 18.8. The standard InChI is InChI=1S/C20H16ClF2N4O2PS/c1-30(2,29)18-16(23)15(21)14(10-7-24-27-17(10)18)8-3-4-12-13(5-8)31-20(25-12)26-19(28)9-6-11(9)22/h3-5,7,9,11H,6H2,1-2H3,(H,24,27)(H,25,26,28)/t9-,11+/m1/s1. The van der Waals surface area contributed by atoms with Crippen molar-refractivity contribution in [3.8, 4) is 11.1 Å². The summed E-state index contributed by atoms with van der Waals surface area (Å²) >= 11 is 7.65. The van der Waals surface area contributed by atoms with Gasteiger partial charge in [0, 0.05) is 10.9 Å². The smallest absolute Gasteiger partial charge is 0.232 e. The van der Waals surface area contributed by atoms with Gasteiger partial charge in [-0.1, -0.05) is 29.0 Å². The van der Waals surface area contributed by atoms with Crippen LogP contribution in [0.25, 0.3) is 32.2 Å². The Balaban J connectivity index is 1.61. The van der Waals surface area contributed by atoms with Crippen molar-refractivity contribution < 1.29 is 18.1 Å². The second-order valence-electron chi connectivity index (χ2n) is 7.91. The van der Waals surface area contributed by atoms with Crippen LogP contribution in [0.4, 0.5) is 13.9 Å². The highest BCUT2D eigenvalue weighted by atomic mass is 35.5. The highest BCUT2D eigenvalue weighted by Crippen LogP contribution is 2.45. The number of aromatic amines is 1. The lowest BCUT2D eigenvalue weighted by Gasteiger charge is -2.15. The second kappa shape index (κ2) is 7.08. The molecule has 11 heteroatoms. The summed E-state index contributed by atoms with van der Waals surface area (Å²) in [4.78, 5) is 16.3. The van der Waals surface area contributed by atoms with Gasteiger partial charge in [0.2, 0.25) is 5.91 Å². The van der Waals surface area contributed by atoms with Crippen LogP contribution in [0.2, 0.25) is 5.02 Å². The molecule has 0 aliphatic heterocycles. The second-order valence-corrected chi connectivity index (χ2v) is 12.5. The first-order chi connectivity index (χ1) is 14.6. The first-order valence-electron chi connectivity index (χ1n) is 9.40. The number of hydrogen-bond acceptors (Lipinski definition) is 5. The van der Waals surface area contributed by atoms with Crippen LogP contribution in [0.5, 0.6) is 0 Å². The molecule has 5 rings (SSSR count). The summed E-state index contributed by atoms with van der Waals surface area (Å²) in [6.07, 6.45) is 0.685. The van der Waals surface area contributed by atoms with E-state index in [0.29, 0.717) is 32.7 Å². The van der Waals surface area contributed by atoms with E-state index < -0.39 is 25.0 Å². The average molecular weight is 481 g/mol. The maximum Gasteiger partial charge on any atom is 0.232 e. The van der Waals surface area contributed by atoms with E-state index in [-0.39, 0.29) is 22.7 Å². The van der Waals surface area contributed by atoms with E-state index in [1.807, 2.05) is 0 Å². The van der Waals surface area contributed by atoms with Crippen LogP contribution in [0.15, 0.2) is 24.4 Å². The van der Waals surface area contributed by atoms with Crippen LogP contribution in [0, 0.1) is 11.7 Å². The van der Waals surface area contributed by atoms with Gasteiger partial charge in [-0.15, -0.1) is 0 Å². The zero-order chi connectivity index (χ0) is 22.1. The summed E-state index contributed by atoms with van der Waals surface area (Å²) < 4.78 is 41.7. The first kappa shape index (κ1) is 20.5. The number of fused-ring (bicyclic) bond motifs is 2. The monoisotopic (exact) mass is 480 g/mol. The zero-order valence-electron chi connectivity index (χ0n) is 16.4. The number of carbonyl (C=O) groups excluding carboxylic acids is 1. The molecule has 2 atom stereocenters. The third kappa shape index (κ3) is 3.45. The number of rotatable bonds is 4. The number of nitrogens with one attached hydrogen (secondary N) is 2. The Hall–Kier alpha value is -2.35. The van der Waals surface area contributed by atoms with Crippen molar-refractivity contribution in [2.45, 2.75) is 12.6 Å². The summed E-state index contributed by atoms with van der Waals surface area (Å²) in [6.45, 7) is 2.96. The largest absolute Gasteiger partial charge is 0.319 e. The van der Waals surface area contributed by atoms with Gasteiger partial charge in [0.05, 0.1) is 38.2 Å². The summed E-state index contributed by atoms with van der Waals surface area (Å²) in [5.74, 6) is -1.72. The number of carbonyl (C=O) groups is 1. The topological polar surface area (TPSA) is 87.7 Å². The number of H-pyrrole nitrogens is 1. The maximum absolute atomic E-state index is 15.2. The Kier molecular flexibility index (Phi) is 4.70. The number of thiazole rings is 1. The molecule has 2 N–H and O–H groups in total. The molecule has 0 saturated heterocycles. The van der Waals surface area contributed by atoms with Crippen LogP contribution in [-0.2, 0) is 9.36 Å². The summed E-state index contributed by atoms with van der Waals surface area (Å²) in [6, 6.07) is 5.28. The summed E-state index contributed by atoms with van der Waals surface area (Å²) in [7, 11) is -2.97. The number of nitrogens with zero attached hydrogens (tertiary/aromatic N) is 2. The Morgan fingerprint density at radius 3 is 2.81 bits per heavy atom. The van der Waals surface area contributed by atoms with Crippen LogP contribution in [-0.4, -0.2) is 40.6 Å². The van der Waals surface area contributed by atoms with Gasteiger partial charge in [-0.3, -0.25) is 9.89 Å². The highest BCUT2D eigenvalue weighted by Gasteiger charge is 2.43. The van der Waals surface area contributed by atoms with E-state index in [1.54, 1.807) is 18.2 Å². The molecular formula is C20H16ClF2N4O2PS. The van der Waals surface area contributed by atoms with E-state index in [4.69, 9.17) is 11.6 Å². The predicted octanol–water partition coefficient (Wildman–Crippen LogP) is 5.18. The molecule has 1 saturated carbocycles. The van der Waals surface area contributed by atoms with Crippen molar-refractivity contribution in [3.63, 3.8) is 0 Å². The van der Waals surface area contributed by atoms with E-state index in [9.17, 15) is 13.8 Å². The number of benzene rings is 2. The van der Waals surface area contributed by atoms with E-state index in [0.717, 1.165) is 4.70 Å². The molecule has 4 aromatic rings. The van der Waals surface area contributed by atoms with Gasteiger partial charge in [0.1, 0.15) is 13.3 Å². The molecule has 160 valence electrons. The number of anilines is 1. The molecule has 1 aliphatic carbocycles. The normalized spacial score (nSPS) is 18.6. The Morgan fingerprint density at radius 1 is 1.39 bits per heavy atom. The van der Waals surface area contributed by atoms with Gasteiger partial charge in [-0.05, 0) is 37.4 Å². The van der Waals surface area contributed by atoms with Crippen LogP contribution in [0.3, 0.4) is 0 Å². The van der Waals surface area contributed by atoms with Crippen molar-refractivity contribution >= 4 is 67.5 Å². The number of amides is 1. The Bertz CT molecular complexity index is 1430. The predicted molar refractivity (Wildman–Crippen MR) is 120 cm³/mol. The number of alkyl halides is 1. The molecule has 0 spiro atoms. The van der Waals surface area contributed by atoms with Crippen molar-refractivity contribution in [3.05, 3.63) is 35.2 Å². The number of hydrogen-bond donors (Lipinski definition) is 2. The molecule has 0 bridgehead atoms. The van der Waals surface area contributed by atoms with Gasteiger partial charge in [-0.2, -0.15) is 5.10 Å². The van der Waals surface area contributed by atoms with Crippen LogP contribution < -0.4 is 10.6 Å². The first-order valence-corrected chi connectivity index (χ1v) is 13.2. The van der Waals surface area contributed by atoms with E-state index in [1.165, 1.54) is 30.9 Å². The third-order valence-electron chi connectivity index (χ3n) is 5.26. The van der Waals surface area contributed by atoms with Gasteiger partial charge in [0.25, 0.3) is 0 Å². The lowest BCUT2D eigenvalue weighted by atomic mass is 10.0. The SMILES string of the molecule is CP(C)(=O)c1c(F)c(Cl)c(-c2ccc3nc(NC(=O)[C@@H]4C[C@@H]4F)sc3c2)c2cn[nH]c12. The molecule has 2 heterocycles. The van der Waals surface area contributed by atoms with Gasteiger partial charge in [-0.25, -0.2) is 13.8 Å². The van der Waals surface area contributed by atoms with Crippen molar-refractivity contribution in [2.24, 2.45) is 5.92 Å². The van der Waals surface area contributed by atoms with E-state index >= 15 is 4.39 Å². The van der Waals surface area contributed by atoms with E-state index in [2.05, 4.69) is 20.5 Å². The fourth-order valence-electron chi connectivity index (χ4n) is 3.65. The average Bonchev–Trinajstić information content (AvgIpc) is 3.07. The molecule has 6 nitrogen and oxygen atoms in total. The molecule has 1 aliphatic rings. The molecule has 2 aromatic heterocycles. The quantitative estimate of drug-likeness (QED) is 0.394. The molecule has 1 fully saturated rings. The lowest BCUT2D eigenvalue weighted by molar-refractivity contribution is -0.117. The molecule has 2 aromatic carbocycles. The fraction of sp³-hybridized carbons (Fsp3) is 0.250. The Morgan fingerprint density at radius 2 is 2.13 bits per heavy atom. The minimum atomic E-state index is -2.97. The number of aromatic nitrogens is 3. The minimum absolute atomic E-state index is 0.0452. The van der Waals surface area contributed by atoms with Gasteiger partial charge < -0.3 is 9.88 Å². The highest BCUT2D eigenvalue weighted by molar-refractivity contribution is 7.70.